The molecule has 3 atom stereocenters. The second-order valence-electron chi connectivity index (χ2n) is 10.1. The maximum atomic E-state index is 13.2. The Kier molecular flexibility index (Phi) is 8.21. The van der Waals surface area contributed by atoms with E-state index in [1.807, 2.05) is 31.2 Å². The Balaban J connectivity index is 1.46. The third-order valence-corrected chi connectivity index (χ3v) is 7.99. The average molecular weight is 510 g/mol. The van der Waals surface area contributed by atoms with Crippen LogP contribution in [0.25, 0.3) is 6.08 Å². The number of carbonyl (C=O) groups excluding carboxylic acids is 3. The summed E-state index contributed by atoms with van der Waals surface area (Å²) in [6.07, 6.45) is 5.88. The summed E-state index contributed by atoms with van der Waals surface area (Å²) in [5, 5.41) is 6.61. The molecule has 9 heteroatoms. The van der Waals surface area contributed by atoms with Crippen molar-refractivity contribution in [2.45, 2.75) is 51.2 Å². The zero-order valence-corrected chi connectivity index (χ0v) is 22.2. The summed E-state index contributed by atoms with van der Waals surface area (Å²) in [6.45, 7) is 3.75. The highest BCUT2D eigenvalue weighted by molar-refractivity contribution is 7.13. The number of hydrogen-bond donors (Lipinski definition) is 2. The van der Waals surface area contributed by atoms with Crippen LogP contribution in [0.5, 0.6) is 0 Å². The van der Waals surface area contributed by atoms with Crippen LogP contribution in [0.15, 0.2) is 30.3 Å². The number of likely N-dealkylation sites (N-methyl/N-ethyl adjacent to an activating group) is 1. The van der Waals surface area contributed by atoms with Gasteiger partial charge in [-0.25, -0.2) is 4.98 Å². The Bertz CT molecular complexity index is 1140. The van der Waals surface area contributed by atoms with Crippen LogP contribution >= 0.6 is 11.3 Å². The van der Waals surface area contributed by atoms with E-state index in [1.54, 1.807) is 25.1 Å². The first kappa shape index (κ1) is 26.0. The molecule has 8 nitrogen and oxygen atoms in total. The molecule has 0 radical (unpaired) electrons. The number of hydrogen-bond acceptors (Lipinski definition) is 6. The third kappa shape index (κ3) is 6.39. The van der Waals surface area contributed by atoms with Crippen LogP contribution in [-0.2, 0) is 22.6 Å². The summed E-state index contributed by atoms with van der Waals surface area (Å²) in [7, 11) is 5.56. The summed E-state index contributed by atoms with van der Waals surface area (Å²) in [5.74, 6) is -0.606. The normalized spacial score (nSPS) is 22.2. The van der Waals surface area contributed by atoms with Crippen molar-refractivity contribution in [1.82, 2.24) is 25.4 Å². The number of benzene rings is 1. The van der Waals surface area contributed by atoms with Gasteiger partial charge >= 0.3 is 0 Å². The SMILES string of the molecule is Cc1ccc(/C=C/C(=O)N[C@H]2CC[C@H](C(=O)N(C)C)C[C@H]2NC(=O)c2nc3c(s2)CN(C)CC3)cc1. The molecule has 2 N–H and O–H groups in total. The molecule has 0 bridgehead atoms. The smallest absolute Gasteiger partial charge is 0.280 e. The lowest BCUT2D eigenvalue weighted by atomic mass is 9.81. The second kappa shape index (κ2) is 11.3. The van der Waals surface area contributed by atoms with Crippen LogP contribution in [0.1, 0.15) is 50.8 Å². The fourth-order valence-corrected chi connectivity index (χ4v) is 5.91. The largest absolute Gasteiger partial charge is 0.349 e. The molecule has 2 aliphatic rings. The van der Waals surface area contributed by atoms with E-state index in [0.717, 1.165) is 41.2 Å². The first-order chi connectivity index (χ1) is 17.2. The fourth-order valence-electron chi connectivity index (χ4n) is 4.82. The lowest BCUT2D eigenvalue weighted by Crippen LogP contribution is -2.55. The molecule has 4 rings (SSSR count). The van der Waals surface area contributed by atoms with Gasteiger partial charge in [0.05, 0.1) is 11.7 Å². The van der Waals surface area contributed by atoms with Crippen LogP contribution in [0.4, 0.5) is 0 Å². The minimum absolute atomic E-state index is 0.0473. The van der Waals surface area contributed by atoms with Crippen molar-refractivity contribution >= 4 is 35.1 Å². The molecular formula is C27H35N5O3S. The van der Waals surface area contributed by atoms with Gasteiger partial charge in [-0.1, -0.05) is 29.8 Å². The molecule has 36 heavy (non-hydrogen) atoms. The second-order valence-corrected chi connectivity index (χ2v) is 11.1. The number of rotatable bonds is 6. The average Bonchev–Trinajstić information content (AvgIpc) is 3.27. The Labute approximate surface area is 216 Å². The summed E-state index contributed by atoms with van der Waals surface area (Å²) < 4.78 is 0. The topological polar surface area (TPSA) is 94.6 Å². The van der Waals surface area contributed by atoms with Gasteiger partial charge < -0.3 is 20.4 Å². The van der Waals surface area contributed by atoms with E-state index in [9.17, 15) is 14.4 Å². The van der Waals surface area contributed by atoms with E-state index in [0.29, 0.717) is 24.3 Å². The molecule has 0 spiro atoms. The van der Waals surface area contributed by atoms with Crippen molar-refractivity contribution in [3.63, 3.8) is 0 Å². The molecule has 1 aliphatic carbocycles. The van der Waals surface area contributed by atoms with E-state index < -0.39 is 0 Å². The molecule has 1 fully saturated rings. The quantitative estimate of drug-likeness (QED) is 0.584. The highest BCUT2D eigenvalue weighted by Crippen LogP contribution is 2.28. The van der Waals surface area contributed by atoms with Gasteiger partial charge in [-0.2, -0.15) is 0 Å². The fraction of sp³-hybridized carbons (Fsp3) is 0.481. The van der Waals surface area contributed by atoms with Crippen molar-refractivity contribution < 1.29 is 14.4 Å². The summed E-state index contributed by atoms with van der Waals surface area (Å²) in [5.41, 5.74) is 3.10. The summed E-state index contributed by atoms with van der Waals surface area (Å²) in [4.78, 5) is 48.1. The molecule has 0 unspecified atom stereocenters. The van der Waals surface area contributed by atoms with Crippen LogP contribution in [0.3, 0.4) is 0 Å². The number of amides is 3. The maximum Gasteiger partial charge on any atom is 0.280 e. The lowest BCUT2D eigenvalue weighted by molar-refractivity contribution is -0.134. The van der Waals surface area contributed by atoms with Gasteiger partial charge in [-0.3, -0.25) is 14.4 Å². The third-order valence-electron chi connectivity index (χ3n) is 6.91. The van der Waals surface area contributed by atoms with Gasteiger partial charge in [-0.15, -0.1) is 11.3 Å². The molecular weight excluding hydrogens is 474 g/mol. The minimum atomic E-state index is -0.361. The zero-order chi connectivity index (χ0) is 25.8. The predicted octanol–water partition coefficient (Wildman–Crippen LogP) is 2.62. The number of nitrogens with zero attached hydrogens (tertiary/aromatic N) is 3. The van der Waals surface area contributed by atoms with Gasteiger partial charge in [-0.05, 0) is 44.9 Å². The Morgan fingerprint density at radius 1 is 1.11 bits per heavy atom. The number of thiazole rings is 1. The van der Waals surface area contributed by atoms with Gasteiger partial charge in [0.2, 0.25) is 11.8 Å². The number of fused-ring (bicyclic) bond motifs is 1. The summed E-state index contributed by atoms with van der Waals surface area (Å²) in [6, 6.07) is 7.30. The monoisotopic (exact) mass is 509 g/mol. The molecule has 3 amide bonds. The predicted molar refractivity (Wildman–Crippen MR) is 142 cm³/mol. The zero-order valence-electron chi connectivity index (χ0n) is 21.4. The van der Waals surface area contributed by atoms with Crippen molar-refractivity contribution in [3.05, 3.63) is 57.0 Å². The van der Waals surface area contributed by atoms with Gasteiger partial charge in [0, 0.05) is 56.5 Å². The first-order valence-corrected chi connectivity index (χ1v) is 13.3. The maximum absolute atomic E-state index is 13.2. The minimum Gasteiger partial charge on any atom is -0.349 e. The van der Waals surface area contributed by atoms with E-state index in [2.05, 4.69) is 27.6 Å². The van der Waals surface area contributed by atoms with Crippen LogP contribution < -0.4 is 10.6 Å². The number of aromatic nitrogens is 1. The molecule has 1 aliphatic heterocycles. The van der Waals surface area contributed by atoms with E-state index in [1.165, 1.54) is 17.4 Å². The van der Waals surface area contributed by atoms with Gasteiger partial charge in [0.15, 0.2) is 5.01 Å². The van der Waals surface area contributed by atoms with Gasteiger partial charge in [0.1, 0.15) is 0 Å². The van der Waals surface area contributed by atoms with Crippen LogP contribution in [-0.4, -0.2) is 72.3 Å². The molecule has 192 valence electrons. The molecule has 1 aromatic heterocycles. The van der Waals surface area contributed by atoms with E-state index in [4.69, 9.17) is 0 Å². The van der Waals surface area contributed by atoms with Crippen molar-refractivity contribution in [2.24, 2.45) is 5.92 Å². The van der Waals surface area contributed by atoms with Crippen molar-refractivity contribution in [2.75, 3.05) is 27.7 Å². The highest BCUT2D eigenvalue weighted by atomic mass is 32.1. The lowest BCUT2D eigenvalue weighted by Gasteiger charge is -2.37. The van der Waals surface area contributed by atoms with Crippen LogP contribution in [0, 0.1) is 12.8 Å². The Morgan fingerprint density at radius 2 is 1.86 bits per heavy atom. The highest BCUT2D eigenvalue weighted by Gasteiger charge is 2.36. The number of carbonyl (C=O) groups is 3. The number of nitrogens with one attached hydrogen (secondary N) is 2. The summed E-state index contributed by atoms with van der Waals surface area (Å²) >= 11 is 1.43. The Hall–Kier alpha value is -3.04. The molecule has 2 aromatic rings. The molecule has 2 heterocycles. The molecule has 1 saturated carbocycles. The van der Waals surface area contributed by atoms with E-state index >= 15 is 0 Å². The number of aryl methyl sites for hydroxylation is 1. The Morgan fingerprint density at radius 3 is 2.58 bits per heavy atom. The molecule has 0 saturated heterocycles. The molecule has 1 aromatic carbocycles. The van der Waals surface area contributed by atoms with Gasteiger partial charge in [0.25, 0.3) is 5.91 Å². The first-order valence-electron chi connectivity index (χ1n) is 12.4. The standard InChI is InChI=1S/C27H35N5O3S/c1-17-5-7-18(8-6-17)9-12-24(33)28-20-11-10-19(27(35)31(2)3)15-22(20)29-25(34)26-30-21-13-14-32(4)16-23(21)36-26/h5-9,12,19-20,22H,10-11,13-16H2,1-4H3,(H,28,33)(H,29,34)/b12-9+/t19-,20-,22+/m0/s1. The van der Waals surface area contributed by atoms with Crippen molar-refractivity contribution in [1.29, 1.82) is 0 Å². The van der Waals surface area contributed by atoms with Crippen molar-refractivity contribution in [3.8, 4) is 0 Å². The van der Waals surface area contributed by atoms with Crippen LogP contribution in [0.2, 0.25) is 0 Å². The van der Waals surface area contributed by atoms with E-state index in [-0.39, 0.29) is 35.7 Å².